The van der Waals surface area contributed by atoms with E-state index in [4.69, 9.17) is 14.6 Å². The molecular weight excluding hydrogens is 1050 g/mol. The van der Waals surface area contributed by atoms with E-state index in [0.29, 0.717) is 17.9 Å². The van der Waals surface area contributed by atoms with Crippen molar-refractivity contribution < 1.29 is 19.4 Å². The Hall–Kier alpha value is -0.610. The number of hydrogen-bond donors (Lipinski definition) is 1. The maximum Gasteiger partial charge on any atom is 0.307 e. The topological polar surface area (TPSA) is 55.8 Å². The Kier molecular flexibility index (Phi) is 28.1. The van der Waals surface area contributed by atoms with Gasteiger partial charge in [0, 0.05) is 19.8 Å². The fraction of sp³-hybridized carbons (Fsp3) is 0.988. The highest BCUT2D eigenvalue weighted by atomic mass is 16.5. The zero-order valence-corrected chi connectivity index (χ0v) is 60.9. The molecule has 0 spiro atoms. The van der Waals surface area contributed by atoms with Crippen molar-refractivity contribution in [2.45, 2.75) is 295 Å². The van der Waals surface area contributed by atoms with E-state index in [9.17, 15) is 4.79 Å². The molecule has 0 radical (unpaired) electrons. The molecule has 14 rings (SSSR count). The van der Waals surface area contributed by atoms with Gasteiger partial charge in [-0.2, -0.15) is 0 Å². The smallest absolute Gasteiger partial charge is 0.307 e. The molecule has 12 saturated carbocycles. The average Bonchev–Trinajstić information content (AvgIpc) is 1.96. The summed E-state index contributed by atoms with van der Waals surface area (Å²) in [6, 6.07) is 0. The van der Waals surface area contributed by atoms with E-state index in [1.54, 1.807) is 25.7 Å². The minimum Gasteiger partial charge on any atom is -0.481 e. The summed E-state index contributed by atoms with van der Waals surface area (Å²) in [5, 5.41) is 8.78. The first-order valence-corrected chi connectivity index (χ1v) is 38.3. The number of ether oxygens (including phenoxy) is 2. The molecule has 25 unspecified atom stereocenters. The van der Waals surface area contributed by atoms with Crippen molar-refractivity contribution in [2.24, 2.45) is 201 Å². The van der Waals surface area contributed by atoms with Crippen molar-refractivity contribution in [1.82, 2.24) is 0 Å². The largest absolute Gasteiger partial charge is 0.481 e. The molecule has 25 atom stereocenters. The minimum atomic E-state index is -0.563. The van der Waals surface area contributed by atoms with Crippen LogP contribution in [0.25, 0.3) is 0 Å². The second-order valence-corrected chi connectivity index (χ2v) is 37.1. The predicted molar refractivity (Wildman–Crippen MR) is 371 cm³/mol. The van der Waals surface area contributed by atoms with E-state index < -0.39 is 5.97 Å². The van der Waals surface area contributed by atoms with Crippen LogP contribution in [0.3, 0.4) is 0 Å². The second-order valence-electron chi connectivity index (χ2n) is 37.1. The third kappa shape index (κ3) is 20.4. The summed E-state index contributed by atoms with van der Waals surface area (Å²) in [5.74, 6) is 30.7. The van der Waals surface area contributed by atoms with Gasteiger partial charge in [-0.3, -0.25) is 4.79 Å². The van der Waals surface area contributed by atoms with Crippen LogP contribution < -0.4 is 0 Å². The van der Waals surface area contributed by atoms with Crippen molar-refractivity contribution in [1.29, 1.82) is 0 Å². The van der Waals surface area contributed by atoms with Crippen molar-refractivity contribution in [3.8, 4) is 0 Å². The Morgan fingerprint density at radius 3 is 1.41 bits per heavy atom. The van der Waals surface area contributed by atoms with Crippen LogP contribution in [0, 0.1) is 201 Å². The number of carbonyl (C=O) groups is 1. The molecule has 0 aromatic heterocycles. The van der Waals surface area contributed by atoms with Crippen molar-refractivity contribution in [3.63, 3.8) is 0 Å². The Morgan fingerprint density at radius 1 is 0.442 bits per heavy atom. The van der Waals surface area contributed by atoms with E-state index in [0.717, 1.165) is 203 Å². The molecule has 0 bridgehead atoms. The molecule has 2 heterocycles. The van der Waals surface area contributed by atoms with Gasteiger partial charge in [-0.1, -0.05) is 166 Å². The monoisotopic (exact) mass is 1200 g/mol. The predicted octanol–water partition coefficient (Wildman–Crippen LogP) is 23.4. The molecule has 12 aliphatic carbocycles. The van der Waals surface area contributed by atoms with Gasteiger partial charge >= 0.3 is 5.97 Å². The van der Waals surface area contributed by atoms with E-state index in [1.807, 2.05) is 0 Å². The Morgan fingerprint density at radius 2 is 0.988 bits per heavy atom. The zero-order valence-electron chi connectivity index (χ0n) is 60.9. The summed E-state index contributed by atoms with van der Waals surface area (Å²) in [6.07, 6.45) is 28.2. The molecule has 14 fully saturated rings. The first-order valence-electron chi connectivity index (χ1n) is 38.3. The Labute approximate surface area is 537 Å². The quantitative estimate of drug-likeness (QED) is 0.250. The number of fused-ring (bicyclic) bond motifs is 6. The van der Waals surface area contributed by atoms with E-state index in [-0.39, 0.29) is 13.3 Å². The molecule has 2 aliphatic heterocycles. The number of carboxylic acid groups (broad SMARTS) is 1. The maximum atomic E-state index is 10.7. The summed E-state index contributed by atoms with van der Waals surface area (Å²) in [7, 11) is 0. The lowest BCUT2D eigenvalue weighted by molar-refractivity contribution is -0.139. The van der Waals surface area contributed by atoms with Crippen LogP contribution in [0.4, 0.5) is 0 Å². The second kappa shape index (κ2) is 32.5. The SMILES string of the molecule is C.CC(C)C1CC(C)C2CC12.CC(C)C1CC(C)C2CC2C1.CC(C)C1CC2C(C1)C2C(=O)O.CC(C)C1CCC2C(C)C12.CC(C)C1CCCC2(C)CC12.CC1CC(C(C)C)CCO1.CC1CC2CC2C(C(C)C)C1.CC1COCC(C(C)C)C1. The van der Waals surface area contributed by atoms with Crippen LogP contribution in [0.1, 0.15) is 289 Å². The molecule has 2 saturated heterocycles. The van der Waals surface area contributed by atoms with Gasteiger partial charge < -0.3 is 14.6 Å². The van der Waals surface area contributed by atoms with Gasteiger partial charge in [0.05, 0.1) is 12.0 Å². The van der Waals surface area contributed by atoms with Gasteiger partial charge in [-0.25, -0.2) is 0 Å². The van der Waals surface area contributed by atoms with Gasteiger partial charge in [0.2, 0.25) is 0 Å². The molecule has 14 aliphatic rings. The third-order valence-electron chi connectivity index (χ3n) is 27.8. The molecule has 504 valence electrons. The molecular formula is C82H152O4. The summed E-state index contributed by atoms with van der Waals surface area (Å²) in [4.78, 5) is 10.7. The highest BCUT2D eigenvalue weighted by Gasteiger charge is 2.60. The van der Waals surface area contributed by atoms with Crippen LogP contribution in [-0.2, 0) is 14.3 Å². The lowest BCUT2D eigenvalue weighted by atomic mass is 9.77. The third-order valence-corrected chi connectivity index (χ3v) is 27.8. The maximum absolute atomic E-state index is 10.7. The van der Waals surface area contributed by atoms with Crippen LogP contribution >= 0.6 is 0 Å². The van der Waals surface area contributed by atoms with Crippen LogP contribution in [0.5, 0.6) is 0 Å². The van der Waals surface area contributed by atoms with E-state index in [1.165, 1.54) is 96.3 Å². The number of hydrogen-bond acceptors (Lipinski definition) is 3. The highest BCUT2D eigenvalue weighted by molar-refractivity contribution is 5.74. The van der Waals surface area contributed by atoms with E-state index >= 15 is 0 Å². The van der Waals surface area contributed by atoms with Gasteiger partial charge in [0.1, 0.15) is 0 Å². The summed E-state index contributed by atoms with van der Waals surface area (Å²) in [5.41, 5.74) is 0.799. The summed E-state index contributed by atoms with van der Waals surface area (Å²) < 4.78 is 10.9. The van der Waals surface area contributed by atoms with Gasteiger partial charge in [-0.15, -0.1) is 0 Å². The molecule has 86 heavy (non-hydrogen) atoms. The molecule has 0 aromatic carbocycles. The van der Waals surface area contributed by atoms with Crippen molar-refractivity contribution in [2.75, 3.05) is 19.8 Å². The normalized spacial score (nSPS) is 45.2. The fourth-order valence-corrected chi connectivity index (χ4v) is 21.1. The minimum absolute atomic E-state index is 0. The van der Waals surface area contributed by atoms with Gasteiger partial charge in [0.15, 0.2) is 0 Å². The van der Waals surface area contributed by atoms with Crippen LogP contribution in [0.2, 0.25) is 0 Å². The first-order chi connectivity index (χ1) is 39.9. The number of aliphatic carboxylic acids is 1. The summed E-state index contributed by atoms with van der Waals surface area (Å²) in [6.45, 7) is 57.2. The average molecular weight is 1200 g/mol. The van der Waals surface area contributed by atoms with Gasteiger partial charge in [0.25, 0.3) is 0 Å². The van der Waals surface area contributed by atoms with Crippen molar-refractivity contribution in [3.05, 3.63) is 0 Å². The van der Waals surface area contributed by atoms with Crippen molar-refractivity contribution >= 4 is 5.97 Å². The Balaban J connectivity index is 0.000000157. The molecule has 1 N–H and O–H groups in total. The molecule has 4 nitrogen and oxygen atoms in total. The fourth-order valence-electron chi connectivity index (χ4n) is 21.1. The molecule has 0 amide bonds. The van der Waals surface area contributed by atoms with Crippen LogP contribution in [-0.4, -0.2) is 37.0 Å². The lowest BCUT2D eigenvalue weighted by Crippen LogP contribution is -2.27. The zero-order chi connectivity index (χ0) is 62.7. The molecule has 4 heteroatoms. The lowest BCUT2D eigenvalue weighted by Gasteiger charge is -2.29. The van der Waals surface area contributed by atoms with E-state index in [2.05, 4.69) is 159 Å². The molecule has 0 aromatic rings. The highest BCUT2D eigenvalue weighted by Crippen LogP contribution is 2.66. The van der Waals surface area contributed by atoms with Gasteiger partial charge in [-0.05, 0) is 317 Å². The number of rotatable bonds is 9. The Bertz CT molecular complexity index is 1910. The van der Waals surface area contributed by atoms with Crippen LogP contribution in [0.15, 0.2) is 0 Å². The summed E-state index contributed by atoms with van der Waals surface area (Å²) >= 11 is 0. The number of carboxylic acids is 1. The standard InChI is InChI=1S/3C11H20.C10H16O2.2C10H18.2C9H18O.CH4/c1-7(2)9-4-8(3)11-6-10(11)5-9;1-7(2)10-5-8(3)4-9-6-11(9)10;1-8(2)9-5-4-6-11(3)7-10(9)11;1-5(2)6-3-7-8(4-6)9(7)10(11)12;1-6(2)8-4-7(3)9-5-10(8)9;1-6(2)8-4-5-9-7(3)10(8)9;1-7(2)9-4-8(3)5-10-6-9;1-7(2)9-4-5-10-8(3)6-9;/h2*7-11H,4-6H2,1-3H3;8-10H,4-7H2,1-3H3;5-9H,3-4H2,1-2H3,(H,11,12);2*6-10H,4-5H2,1-3H3;2*7-9H,4-6H2,1-3H3;1H4. The first kappa shape index (κ1) is 74.4.